The fourth-order valence-corrected chi connectivity index (χ4v) is 4.91. The lowest BCUT2D eigenvalue weighted by Crippen LogP contribution is -2.49. The predicted octanol–water partition coefficient (Wildman–Crippen LogP) is 4.35. The fourth-order valence-electron chi connectivity index (χ4n) is 4.10. The number of ether oxygens (including phenoxy) is 2. The molecule has 0 amide bonds. The highest BCUT2D eigenvalue weighted by atomic mass is 32.1. The Morgan fingerprint density at radius 2 is 2.07 bits per heavy atom. The van der Waals surface area contributed by atoms with Gasteiger partial charge in [-0.05, 0) is 74.4 Å². The number of hydrogen-bond donors (Lipinski definition) is 0. The minimum atomic E-state index is -0.569. The quantitative estimate of drug-likeness (QED) is 0.474. The van der Waals surface area contributed by atoms with Gasteiger partial charge < -0.3 is 9.47 Å². The Balaban J connectivity index is 1.80. The molecule has 1 aromatic carbocycles. The van der Waals surface area contributed by atoms with E-state index in [2.05, 4.69) is 4.90 Å². The number of benzene rings is 1. The standard InChI is InChI=1S/C23H29NO4S/c1-4-28-22(26)23(13-18-7-5-8-20(11-18)27-3)9-6-10-24(16-23)14-19-12-21(17(2)25)29-15-19/h5,7-8,11-12,15H,4,6,9-10,13-14,16H2,1-3H3. The summed E-state index contributed by atoms with van der Waals surface area (Å²) in [5.74, 6) is 0.769. The Kier molecular flexibility index (Phi) is 7.09. The molecule has 1 atom stereocenters. The second kappa shape index (κ2) is 9.55. The van der Waals surface area contributed by atoms with Crippen molar-refractivity contribution >= 4 is 23.1 Å². The molecule has 0 spiro atoms. The van der Waals surface area contributed by atoms with Crippen LogP contribution >= 0.6 is 11.3 Å². The first-order chi connectivity index (χ1) is 14.0. The van der Waals surface area contributed by atoms with Crippen molar-refractivity contribution in [2.75, 3.05) is 26.8 Å². The largest absolute Gasteiger partial charge is 0.497 e. The molecule has 1 aliphatic rings. The molecule has 29 heavy (non-hydrogen) atoms. The molecule has 5 nitrogen and oxygen atoms in total. The van der Waals surface area contributed by atoms with Gasteiger partial charge >= 0.3 is 5.97 Å². The topological polar surface area (TPSA) is 55.8 Å². The number of rotatable bonds is 8. The normalized spacial score (nSPS) is 19.7. The molecule has 2 heterocycles. The first kappa shape index (κ1) is 21.5. The number of Topliss-reactive ketones (excluding diaryl/α,β-unsaturated/α-hetero) is 1. The van der Waals surface area contributed by atoms with E-state index in [-0.39, 0.29) is 11.8 Å². The molecule has 0 N–H and O–H groups in total. The highest BCUT2D eigenvalue weighted by Crippen LogP contribution is 2.36. The molecule has 0 radical (unpaired) electrons. The van der Waals surface area contributed by atoms with Gasteiger partial charge in [0.15, 0.2) is 5.78 Å². The lowest BCUT2D eigenvalue weighted by atomic mass is 9.75. The predicted molar refractivity (Wildman–Crippen MR) is 115 cm³/mol. The van der Waals surface area contributed by atoms with E-state index < -0.39 is 5.41 Å². The van der Waals surface area contributed by atoms with E-state index in [9.17, 15) is 9.59 Å². The van der Waals surface area contributed by atoms with Crippen molar-refractivity contribution in [3.8, 4) is 5.75 Å². The highest BCUT2D eigenvalue weighted by Gasteiger charge is 2.43. The van der Waals surface area contributed by atoms with Gasteiger partial charge in [0.25, 0.3) is 0 Å². The van der Waals surface area contributed by atoms with E-state index in [0.29, 0.717) is 19.6 Å². The molecule has 0 aliphatic carbocycles. The van der Waals surface area contributed by atoms with Crippen molar-refractivity contribution in [1.82, 2.24) is 4.90 Å². The summed E-state index contributed by atoms with van der Waals surface area (Å²) in [7, 11) is 1.65. The van der Waals surface area contributed by atoms with E-state index in [1.807, 2.05) is 42.6 Å². The average Bonchev–Trinajstić information content (AvgIpc) is 3.17. The van der Waals surface area contributed by atoms with Crippen molar-refractivity contribution in [3.63, 3.8) is 0 Å². The summed E-state index contributed by atoms with van der Waals surface area (Å²) in [6.45, 7) is 6.15. The van der Waals surface area contributed by atoms with Crippen LogP contribution in [0.15, 0.2) is 35.7 Å². The molecule has 1 unspecified atom stereocenters. The highest BCUT2D eigenvalue weighted by molar-refractivity contribution is 7.12. The number of piperidine rings is 1. The van der Waals surface area contributed by atoms with Crippen LogP contribution in [0.2, 0.25) is 0 Å². The van der Waals surface area contributed by atoms with Gasteiger partial charge in [-0.3, -0.25) is 14.5 Å². The molecule has 1 aliphatic heterocycles. The van der Waals surface area contributed by atoms with Crippen LogP contribution in [-0.4, -0.2) is 43.5 Å². The number of thiophene rings is 1. The summed E-state index contributed by atoms with van der Waals surface area (Å²) in [6, 6.07) is 9.88. The molecule has 0 bridgehead atoms. The van der Waals surface area contributed by atoms with Crippen molar-refractivity contribution < 1.29 is 19.1 Å². The molecule has 6 heteroatoms. The SMILES string of the molecule is CCOC(=O)C1(Cc2cccc(OC)c2)CCCN(Cc2csc(C(C)=O)c2)C1. The molecule has 1 fully saturated rings. The Morgan fingerprint density at radius 3 is 2.76 bits per heavy atom. The first-order valence-corrected chi connectivity index (χ1v) is 10.9. The number of hydrogen-bond acceptors (Lipinski definition) is 6. The van der Waals surface area contributed by atoms with Crippen molar-refractivity contribution in [2.45, 2.75) is 39.7 Å². The smallest absolute Gasteiger partial charge is 0.313 e. The van der Waals surface area contributed by atoms with Crippen LogP contribution in [0.5, 0.6) is 5.75 Å². The van der Waals surface area contributed by atoms with Crippen molar-refractivity contribution in [2.24, 2.45) is 5.41 Å². The number of esters is 1. The summed E-state index contributed by atoms with van der Waals surface area (Å²) in [6.07, 6.45) is 2.37. The summed E-state index contributed by atoms with van der Waals surface area (Å²) in [4.78, 5) is 27.7. The lowest BCUT2D eigenvalue weighted by Gasteiger charge is -2.41. The minimum absolute atomic E-state index is 0.0961. The Labute approximate surface area is 176 Å². The van der Waals surface area contributed by atoms with E-state index in [4.69, 9.17) is 9.47 Å². The average molecular weight is 416 g/mol. The van der Waals surface area contributed by atoms with Crippen molar-refractivity contribution in [3.05, 3.63) is 51.7 Å². The van der Waals surface area contributed by atoms with Gasteiger partial charge in [-0.2, -0.15) is 0 Å². The summed E-state index contributed by atoms with van der Waals surface area (Å²) < 4.78 is 10.9. The zero-order chi connectivity index (χ0) is 20.9. The van der Waals surface area contributed by atoms with Crippen molar-refractivity contribution in [1.29, 1.82) is 0 Å². The first-order valence-electron chi connectivity index (χ1n) is 10.1. The van der Waals surface area contributed by atoms with Crippen LogP contribution in [0, 0.1) is 5.41 Å². The molecule has 1 saturated heterocycles. The maximum Gasteiger partial charge on any atom is 0.313 e. The molecule has 3 rings (SSSR count). The second-order valence-electron chi connectivity index (χ2n) is 7.72. The van der Waals surface area contributed by atoms with Crippen LogP contribution in [0.1, 0.15) is 47.5 Å². The van der Waals surface area contributed by atoms with Gasteiger partial charge in [0, 0.05) is 13.1 Å². The molecule has 1 aromatic heterocycles. The van der Waals surface area contributed by atoms with E-state index in [0.717, 1.165) is 47.7 Å². The van der Waals surface area contributed by atoms with E-state index in [1.54, 1.807) is 14.0 Å². The Hall–Kier alpha value is -2.18. The third-order valence-electron chi connectivity index (χ3n) is 5.45. The maximum absolute atomic E-state index is 13.0. The summed E-state index contributed by atoms with van der Waals surface area (Å²) in [5, 5.41) is 2.04. The zero-order valence-corrected chi connectivity index (χ0v) is 18.2. The summed E-state index contributed by atoms with van der Waals surface area (Å²) in [5.41, 5.74) is 1.63. The van der Waals surface area contributed by atoms with Crippen LogP contribution in [0.4, 0.5) is 0 Å². The van der Waals surface area contributed by atoms with Gasteiger partial charge in [0.2, 0.25) is 0 Å². The van der Waals surface area contributed by atoms with Crippen LogP contribution in [0.3, 0.4) is 0 Å². The van der Waals surface area contributed by atoms with Gasteiger partial charge in [0.05, 0.1) is 24.0 Å². The van der Waals surface area contributed by atoms with Gasteiger partial charge in [-0.1, -0.05) is 12.1 Å². The number of methoxy groups -OCH3 is 1. The monoisotopic (exact) mass is 415 g/mol. The Morgan fingerprint density at radius 1 is 1.24 bits per heavy atom. The van der Waals surface area contributed by atoms with Gasteiger partial charge in [-0.15, -0.1) is 11.3 Å². The van der Waals surface area contributed by atoms with E-state index >= 15 is 0 Å². The number of likely N-dealkylation sites (tertiary alicyclic amines) is 1. The van der Waals surface area contributed by atoms with Crippen LogP contribution in [-0.2, 0) is 22.5 Å². The molecule has 2 aromatic rings. The van der Waals surface area contributed by atoms with Gasteiger partial charge in [-0.25, -0.2) is 0 Å². The molecule has 0 saturated carbocycles. The second-order valence-corrected chi connectivity index (χ2v) is 8.63. The number of ketones is 1. The number of nitrogens with zero attached hydrogens (tertiary/aromatic N) is 1. The minimum Gasteiger partial charge on any atom is -0.497 e. The Bertz CT molecular complexity index is 862. The molecule has 156 valence electrons. The van der Waals surface area contributed by atoms with Crippen LogP contribution in [0.25, 0.3) is 0 Å². The summed E-state index contributed by atoms with van der Waals surface area (Å²) >= 11 is 1.49. The maximum atomic E-state index is 13.0. The lowest BCUT2D eigenvalue weighted by molar-refractivity contribution is -0.159. The third kappa shape index (κ3) is 5.25. The fraction of sp³-hybridized carbons (Fsp3) is 0.478. The number of carbonyl (C=O) groups is 2. The molecular formula is C23H29NO4S. The third-order valence-corrected chi connectivity index (χ3v) is 6.53. The molecular weight excluding hydrogens is 386 g/mol. The van der Waals surface area contributed by atoms with E-state index in [1.165, 1.54) is 11.3 Å². The van der Waals surface area contributed by atoms with Crippen LogP contribution < -0.4 is 4.74 Å². The number of carbonyl (C=O) groups excluding carboxylic acids is 2. The van der Waals surface area contributed by atoms with Gasteiger partial charge in [0.1, 0.15) is 5.75 Å². The zero-order valence-electron chi connectivity index (χ0n) is 17.4.